The lowest BCUT2D eigenvalue weighted by Gasteiger charge is -2.27. The van der Waals surface area contributed by atoms with Gasteiger partial charge in [0.25, 0.3) is 0 Å². The molecule has 0 spiro atoms. The molecule has 0 N–H and O–H groups in total. The van der Waals surface area contributed by atoms with E-state index in [2.05, 4.69) is 289 Å². The van der Waals surface area contributed by atoms with E-state index < -0.39 is 0 Å². The fourth-order valence-corrected chi connectivity index (χ4v) is 10.9. The molecule has 2 heteroatoms. The quantitative estimate of drug-likeness (QED) is 0.140. The molecule has 334 valence electrons. The Labute approximate surface area is 414 Å². The Morgan fingerprint density at radius 3 is 1.58 bits per heavy atom. The van der Waals surface area contributed by atoms with Crippen molar-refractivity contribution in [3.05, 3.63) is 279 Å². The normalized spacial score (nSPS) is 11.5. The average molecular weight is 905 g/mol. The van der Waals surface area contributed by atoms with Gasteiger partial charge < -0.3 is 9.47 Å². The molecule has 71 heavy (non-hydrogen) atoms. The van der Waals surface area contributed by atoms with Crippen LogP contribution in [-0.2, 0) is 0 Å². The number of para-hydroxylation sites is 1. The van der Waals surface area contributed by atoms with Crippen LogP contribution in [0.5, 0.6) is 0 Å². The molecule has 0 amide bonds. The van der Waals surface area contributed by atoms with Crippen molar-refractivity contribution < 1.29 is 0 Å². The number of anilines is 3. The summed E-state index contributed by atoms with van der Waals surface area (Å²) in [6.07, 6.45) is 0. The zero-order chi connectivity index (χ0) is 47.3. The molecule has 0 aliphatic rings. The van der Waals surface area contributed by atoms with Crippen molar-refractivity contribution in [3.8, 4) is 61.3 Å². The van der Waals surface area contributed by atoms with E-state index in [9.17, 15) is 0 Å². The lowest BCUT2D eigenvalue weighted by Crippen LogP contribution is -2.10. The summed E-state index contributed by atoms with van der Waals surface area (Å²) in [6, 6.07) is 99.9. The maximum Gasteiger partial charge on any atom is 0.0547 e. The van der Waals surface area contributed by atoms with Crippen LogP contribution < -0.4 is 4.90 Å². The van der Waals surface area contributed by atoms with Crippen molar-refractivity contribution in [3.63, 3.8) is 0 Å². The monoisotopic (exact) mass is 904 g/mol. The summed E-state index contributed by atoms with van der Waals surface area (Å²) in [5.74, 6) is 0. The van der Waals surface area contributed by atoms with Gasteiger partial charge in [-0.15, -0.1) is 0 Å². The zero-order valence-corrected chi connectivity index (χ0v) is 39.4. The Morgan fingerprint density at radius 1 is 0.296 bits per heavy atom. The first-order valence-corrected chi connectivity index (χ1v) is 24.5. The molecule has 0 aliphatic heterocycles. The van der Waals surface area contributed by atoms with Gasteiger partial charge in [-0.2, -0.15) is 0 Å². The van der Waals surface area contributed by atoms with Gasteiger partial charge in [0.2, 0.25) is 0 Å². The topological polar surface area (TPSA) is 8.17 Å². The summed E-state index contributed by atoms with van der Waals surface area (Å²) in [7, 11) is 0. The van der Waals surface area contributed by atoms with Crippen LogP contribution in [0.4, 0.5) is 17.1 Å². The van der Waals surface area contributed by atoms with E-state index in [0.29, 0.717) is 0 Å². The number of nitrogens with zero attached hydrogens (tertiary/aromatic N) is 2. The SMILES string of the molecule is Cc1ccc2c(ccc3c2c2ccccc2n3-c2cccc(-c3ccccc3)c2-c2ccc(N(c3ccc(-c4ccc(-c5ccccc5)cc4)cc3)c3cccc(-c4cccc5ccccc45)c3)cc2)c1. The van der Waals surface area contributed by atoms with Gasteiger partial charge in [0.15, 0.2) is 0 Å². The summed E-state index contributed by atoms with van der Waals surface area (Å²) in [5.41, 5.74) is 19.9. The number of rotatable bonds is 9. The molecular weight excluding hydrogens is 857 g/mol. The maximum atomic E-state index is 2.49. The molecule has 0 unspecified atom stereocenters. The molecule has 1 heterocycles. The van der Waals surface area contributed by atoms with Crippen LogP contribution in [0.25, 0.3) is 105 Å². The van der Waals surface area contributed by atoms with Crippen LogP contribution in [0.1, 0.15) is 5.56 Å². The standard InChI is InChI=1S/C69H48N2/c1-47-29-43-63-56(45-47)38-44-67-69(63)64-24-10-11-27-65(64)71(67)66-28-14-26-62(53-17-6-3-7-18-53)68(66)54-36-41-58(42-37-54)70(59-22-12-21-55(46-59)61-25-13-20-52-19-8-9-23-60(52)61)57-39-34-51(35-40-57)50-32-30-49(31-33-50)48-15-4-2-5-16-48/h2-46H,1H3. The zero-order valence-electron chi connectivity index (χ0n) is 39.4. The fourth-order valence-electron chi connectivity index (χ4n) is 10.9. The Kier molecular flexibility index (Phi) is 10.4. The van der Waals surface area contributed by atoms with Gasteiger partial charge in [-0.3, -0.25) is 0 Å². The van der Waals surface area contributed by atoms with Gasteiger partial charge in [-0.1, -0.05) is 224 Å². The van der Waals surface area contributed by atoms with Crippen LogP contribution in [0.3, 0.4) is 0 Å². The van der Waals surface area contributed by atoms with E-state index in [0.717, 1.165) is 28.3 Å². The molecule has 0 radical (unpaired) electrons. The predicted octanol–water partition coefficient (Wildman–Crippen LogP) is 19.2. The van der Waals surface area contributed by atoms with Crippen molar-refractivity contribution in [2.75, 3.05) is 4.90 Å². The van der Waals surface area contributed by atoms with Crippen molar-refractivity contribution >= 4 is 60.4 Å². The van der Waals surface area contributed by atoms with E-state index in [1.54, 1.807) is 0 Å². The number of aromatic nitrogens is 1. The third-order valence-corrected chi connectivity index (χ3v) is 14.2. The molecule has 0 atom stereocenters. The molecule has 13 aromatic rings. The van der Waals surface area contributed by atoms with Crippen molar-refractivity contribution in [1.82, 2.24) is 4.57 Å². The summed E-state index contributed by atoms with van der Waals surface area (Å²) in [5, 5.41) is 7.53. The Morgan fingerprint density at radius 2 is 0.845 bits per heavy atom. The molecule has 0 saturated heterocycles. The van der Waals surface area contributed by atoms with E-state index >= 15 is 0 Å². The number of aryl methyl sites for hydroxylation is 1. The maximum absolute atomic E-state index is 2.49. The first-order chi connectivity index (χ1) is 35.1. The summed E-state index contributed by atoms with van der Waals surface area (Å²) < 4.78 is 2.49. The summed E-state index contributed by atoms with van der Waals surface area (Å²) in [4.78, 5) is 2.39. The van der Waals surface area contributed by atoms with Crippen LogP contribution in [0, 0.1) is 6.92 Å². The smallest absolute Gasteiger partial charge is 0.0547 e. The van der Waals surface area contributed by atoms with Gasteiger partial charge in [0.05, 0.1) is 16.7 Å². The van der Waals surface area contributed by atoms with E-state index in [-0.39, 0.29) is 0 Å². The Bertz CT molecular complexity index is 4070. The molecule has 0 fully saturated rings. The Hall–Kier alpha value is -9.24. The summed E-state index contributed by atoms with van der Waals surface area (Å²) >= 11 is 0. The predicted molar refractivity (Wildman–Crippen MR) is 302 cm³/mol. The molecule has 13 rings (SSSR count). The highest BCUT2D eigenvalue weighted by Gasteiger charge is 2.22. The second-order valence-corrected chi connectivity index (χ2v) is 18.6. The molecule has 0 bridgehead atoms. The van der Waals surface area contributed by atoms with Gasteiger partial charge >= 0.3 is 0 Å². The van der Waals surface area contributed by atoms with Gasteiger partial charge in [0, 0.05) is 33.4 Å². The highest BCUT2D eigenvalue weighted by Crippen LogP contribution is 2.45. The van der Waals surface area contributed by atoms with Gasteiger partial charge in [-0.25, -0.2) is 0 Å². The van der Waals surface area contributed by atoms with Crippen LogP contribution >= 0.6 is 0 Å². The fraction of sp³-hybridized carbons (Fsp3) is 0.0145. The first kappa shape index (κ1) is 41.9. The van der Waals surface area contributed by atoms with Gasteiger partial charge in [0.1, 0.15) is 0 Å². The number of hydrogen-bond acceptors (Lipinski definition) is 1. The van der Waals surface area contributed by atoms with E-state index in [1.807, 2.05) is 0 Å². The third-order valence-electron chi connectivity index (χ3n) is 14.2. The summed E-state index contributed by atoms with van der Waals surface area (Å²) in [6.45, 7) is 2.17. The number of benzene rings is 12. The average Bonchev–Trinajstić information content (AvgIpc) is 3.78. The second kappa shape index (κ2) is 17.7. The minimum atomic E-state index is 1.07. The molecule has 1 aromatic heterocycles. The molecule has 2 nitrogen and oxygen atoms in total. The number of fused-ring (bicyclic) bond motifs is 6. The minimum Gasteiger partial charge on any atom is -0.310 e. The van der Waals surface area contributed by atoms with Crippen LogP contribution in [0.2, 0.25) is 0 Å². The molecule has 0 aliphatic carbocycles. The highest BCUT2D eigenvalue weighted by molar-refractivity contribution is 6.21. The Balaban J connectivity index is 0.962. The van der Waals surface area contributed by atoms with Crippen molar-refractivity contribution in [1.29, 1.82) is 0 Å². The van der Waals surface area contributed by atoms with Crippen molar-refractivity contribution in [2.24, 2.45) is 0 Å². The third kappa shape index (κ3) is 7.54. The minimum absolute atomic E-state index is 1.07. The van der Waals surface area contributed by atoms with Crippen LogP contribution in [0.15, 0.2) is 273 Å². The second-order valence-electron chi connectivity index (χ2n) is 18.6. The molecular formula is C69H48N2. The van der Waals surface area contributed by atoms with Crippen LogP contribution in [-0.4, -0.2) is 4.57 Å². The first-order valence-electron chi connectivity index (χ1n) is 24.5. The van der Waals surface area contributed by atoms with Crippen molar-refractivity contribution in [2.45, 2.75) is 6.92 Å². The molecule has 0 saturated carbocycles. The molecule has 12 aromatic carbocycles. The largest absolute Gasteiger partial charge is 0.310 e. The van der Waals surface area contributed by atoms with E-state index in [1.165, 1.54) is 99.0 Å². The van der Waals surface area contributed by atoms with Gasteiger partial charge in [-0.05, 0) is 133 Å². The lowest BCUT2D eigenvalue weighted by atomic mass is 9.92. The highest BCUT2D eigenvalue weighted by atomic mass is 15.1. The lowest BCUT2D eigenvalue weighted by molar-refractivity contribution is 1.18. The van der Waals surface area contributed by atoms with E-state index in [4.69, 9.17) is 0 Å². The number of hydrogen-bond donors (Lipinski definition) is 0.